The number of aryl methyl sites for hydroxylation is 1. The standard InChI is InChI=1S/C16H26N2/c1-3-4-13-5-6-14(10-17)15(9-13)16-11-18-8-7-12(16)2/h7-8,11,13-15H,3-6,9-10,17H2,1-2H3. The fourth-order valence-electron chi connectivity index (χ4n) is 3.52. The molecule has 2 N–H and O–H groups in total. The van der Waals surface area contributed by atoms with Crippen LogP contribution in [0, 0.1) is 18.8 Å². The average molecular weight is 246 g/mol. The summed E-state index contributed by atoms with van der Waals surface area (Å²) < 4.78 is 0. The summed E-state index contributed by atoms with van der Waals surface area (Å²) in [4.78, 5) is 4.32. The van der Waals surface area contributed by atoms with Gasteiger partial charge in [0.1, 0.15) is 0 Å². The highest BCUT2D eigenvalue weighted by molar-refractivity contribution is 5.27. The van der Waals surface area contributed by atoms with E-state index >= 15 is 0 Å². The zero-order valence-corrected chi connectivity index (χ0v) is 11.7. The lowest BCUT2D eigenvalue weighted by Crippen LogP contribution is -2.29. The number of hydrogen-bond donors (Lipinski definition) is 1. The summed E-state index contributed by atoms with van der Waals surface area (Å²) in [5.74, 6) is 2.18. The van der Waals surface area contributed by atoms with Crippen LogP contribution in [0.3, 0.4) is 0 Å². The number of hydrogen-bond acceptors (Lipinski definition) is 2. The third kappa shape index (κ3) is 2.92. The molecule has 1 heterocycles. The minimum atomic E-state index is 0.633. The summed E-state index contributed by atoms with van der Waals surface area (Å²) in [5.41, 5.74) is 8.80. The van der Waals surface area contributed by atoms with Crippen molar-refractivity contribution in [2.75, 3.05) is 6.54 Å². The van der Waals surface area contributed by atoms with Crippen molar-refractivity contribution in [1.82, 2.24) is 4.98 Å². The molecule has 1 saturated carbocycles. The van der Waals surface area contributed by atoms with Crippen molar-refractivity contribution in [3.8, 4) is 0 Å². The first-order valence-corrected chi connectivity index (χ1v) is 7.36. The Labute approximate surface area is 111 Å². The van der Waals surface area contributed by atoms with Crippen LogP contribution in [0.2, 0.25) is 0 Å². The van der Waals surface area contributed by atoms with Crippen molar-refractivity contribution < 1.29 is 0 Å². The molecule has 2 nitrogen and oxygen atoms in total. The van der Waals surface area contributed by atoms with Crippen molar-refractivity contribution >= 4 is 0 Å². The lowest BCUT2D eigenvalue weighted by molar-refractivity contribution is 0.229. The van der Waals surface area contributed by atoms with Gasteiger partial charge in [-0.25, -0.2) is 0 Å². The summed E-state index contributed by atoms with van der Waals surface area (Å²) in [6, 6.07) is 2.13. The lowest BCUT2D eigenvalue weighted by Gasteiger charge is -2.36. The molecule has 0 aromatic carbocycles. The normalized spacial score (nSPS) is 28.3. The predicted octanol–water partition coefficient (Wildman–Crippen LogP) is 3.65. The highest BCUT2D eigenvalue weighted by Gasteiger charge is 2.31. The Morgan fingerprint density at radius 2 is 2.22 bits per heavy atom. The first kappa shape index (κ1) is 13.5. The molecule has 2 rings (SSSR count). The highest BCUT2D eigenvalue weighted by atomic mass is 14.6. The third-order valence-corrected chi connectivity index (χ3v) is 4.58. The summed E-state index contributed by atoms with van der Waals surface area (Å²) in [6.45, 7) is 5.31. The maximum Gasteiger partial charge on any atom is 0.0305 e. The van der Waals surface area contributed by atoms with Gasteiger partial charge in [0.15, 0.2) is 0 Å². The van der Waals surface area contributed by atoms with Gasteiger partial charge in [0.05, 0.1) is 0 Å². The Morgan fingerprint density at radius 3 is 2.89 bits per heavy atom. The molecule has 0 amide bonds. The minimum Gasteiger partial charge on any atom is -0.330 e. The molecule has 18 heavy (non-hydrogen) atoms. The van der Waals surface area contributed by atoms with E-state index in [2.05, 4.69) is 31.1 Å². The molecule has 0 aliphatic heterocycles. The molecule has 0 radical (unpaired) electrons. The van der Waals surface area contributed by atoms with E-state index in [-0.39, 0.29) is 0 Å². The number of aromatic nitrogens is 1. The second kappa shape index (κ2) is 6.33. The van der Waals surface area contributed by atoms with E-state index < -0.39 is 0 Å². The van der Waals surface area contributed by atoms with Crippen molar-refractivity contribution in [1.29, 1.82) is 0 Å². The van der Waals surface area contributed by atoms with E-state index in [4.69, 9.17) is 5.73 Å². The third-order valence-electron chi connectivity index (χ3n) is 4.58. The Balaban J connectivity index is 2.18. The summed E-state index contributed by atoms with van der Waals surface area (Å²) in [6.07, 6.45) is 10.6. The van der Waals surface area contributed by atoms with E-state index in [9.17, 15) is 0 Å². The van der Waals surface area contributed by atoms with Gasteiger partial charge < -0.3 is 5.73 Å². The van der Waals surface area contributed by atoms with Crippen LogP contribution >= 0.6 is 0 Å². The Bertz CT molecular complexity index is 375. The minimum absolute atomic E-state index is 0.633. The van der Waals surface area contributed by atoms with Crippen LogP contribution in [0.5, 0.6) is 0 Å². The van der Waals surface area contributed by atoms with Gasteiger partial charge in [0.25, 0.3) is 0 Å². The van der Waals surface area contributed by atoms with Gasteiger partial charge in [0.2, 0.25) is 0 Å². The van der Waals surface area contributed by atoms with Gasteiger partial charge in [-0.3, -0.25) is 4.98 Å². The first-order valence-electron chi connectivity index (χ1n) is 7.36. The molecule has 1 fully saturated rings. The fourth-order valence-corrected chi connectivity index (χ4v) is 3.52. The van der Waals surface area contributed by atoms with Crippen LogP contribution in [0.4, 0.5) is 0 Å². The van der Waals surface area contributed by atoms with Gasteiger partial charge in [-0.1, -0.05) is 26.2 Å². The van der Waals surface area contributed by atoms with Gasteiger partial charge in [0, 0.05) is 12.4 Å². The second-order valence-corrected chi connectivity index (χ2v) is 5.80. The molecule has 2 heteroatoms. The van der Waals surface area contributed by atoms with Crippen LogP contribution in [-0.2, 0) is 0 Å². The summed E-state index contributed by atoms with van der Waals surface area (Å²) in [5, 5.41) is 0. The number of nitrogens with zero attached hydrogens (tertiary/aromatic N) is 1. The molecule has 0 spiro atoms. The van der Waals surface area contributed by atoms with Crippen molar-refractivity contribution in [2.45, 2.75) is 51.9 Å². The monoisotopic (exact) mass is 246 g/mol. The first-order chi connectivity index (χ1) is 8.76. The van der Waals surface area contributed by atoms with Crippen molar-refractivity contribution in [3.05, 3.63) is 29.6 Å². The van der Waals surface area contributed by atoms with Gasteiger partial charge >= 0.3 is 0 Å². The molecule has 3 atom stereocenters. The maximum atomic E-state index is 5.98. The highest BCUT2D eigenvalue weighted by Crippen LogP contribution is 2.42. The van der Waals surface area contributed by atoms with Gasteiger partial charge in [-0.05, 0) is 61.3 Å². The molecule has 0 bridgehead atoms. The number of rotatable bonds is 4. The maximum absolute atomic E-state index is 5.98. The average Bonchev–Trinajstić information content (AvgIpc) is 2.40. The second-order valence-electron chi connectivity index (χ2n) is 5.80. The van der Waals surface area contributed by atoms with Crippen LogP contribution in [0.25, 0.3) is 0 Å². The van der Waals surface area contributed by atoms with Crippen molar-refractivity contribution in [3.63, 3.8) is 0 Å². The molecule has 100 valence electrons. The Morgan fingerprint density at radius 1 is 1.39 bits per heavy atom. The van der Waals surface area contributed by atoms with Crippen LogP contribution in [-0.4, -0.2) is 11.5 Å². The zero-order chi connectivity index (χ0) is 13.0. The summed E-state index contributed by atoms with van der Waals surface area (Å²) >= 11 is 0. The largest absolute Gasteiger partial charge is 0.330 e. The molecule has 1 aliphatic rings. The van der Waals surface area contributed by atoms with E-state index in [0.717, 1.165) is 12.5 Å². The molecule has 1 aliphatic carbocycles. The molecule has 3 unspecified atom stereocenters. The summed E-state index contributed by atoms with van der Waals surface area (Å²) in [7, 11) is 0. The zero-order valence-electron chi connectivity index (χ0n) is 11.7. The molecular formula is C16H26N2. The number of nitrogens with two attached hydrogens (primary N) is 1. The molecule has 1 aromatic heterocycles. The quantitative estimate of drug-likeness (QED) is 0.880. The predicted molar refractivity (Wildman–Crippen MR) is 76.5 cm³/mol. The van der Waals surface area contributed by atoms with Crippen molar-refractivity contribution in [2.24, 2.45) is 17.6 Å². The Kier molecular flexibility index (Phi) is 4.76. The topological polar surface area (TPSA) is 38.9 Å². The lowest BCUT2D eigenvalue weighted by atomic mass is 9.69. The van der Waals surface area contributed by atoms with Crippen LogP contribution in [0.1, 0.15) is 56.1 Å². The van der Waals surface area contributed by atoms with Crippen LogP contribution in [0.15, 0.2) is 18.5 Å². The molecule has 1 aromatic rings. The number of pyridine rings is 1. The Hall–Kier alpha value is -0.890. The SMILES string of the molecule is CCCC1CCC(CN)C(c2cnccc2C)C1. The molecular weight excluding hydrogens is 220 g/mol. The van der Waals surface area contributed by atoms with E-state index in [0.29, 0.717) is 11.8 Å². The van der Waals surface area contributed by atoms with E-state index in [1.165, 1.54) is 43.2 Å². The molecule has 0 saturated heterocycles. The van der Waals surface area contributed by atoms with Gasteiger partial charge in [-0.2, -0.15) is 0 Å². The fraction of sp³-hybridized carbons (Fsp3) is 0.688. The van der Waals surface area contributed by atoms with E-state index in [1.54, 1.807) is 0 Å². The van der Waals surface area contributed by atoms with Crippen LogP contribution < -0.4 is 5.73 Å². The smallest absolute Gasteiger partial charge is 0.0305 e. The van der Waals surface area contributed by atoms with Gasteiger partial charge in [-0.15, -0.1) is 0 Å². The van der Waals surface area contributed by atoms with E-state index in [1.807, 2.05) is 6.20 Å².